The molecule has 0 radical (unpaired) electrons. The van der Waals surface area contributed by atoms with Gasteiger partial charge in [0.05, 0.1) is 29.9 Å². The number of aromatic nitrogens is 5. The highest BCUT2D eigenvalue weighted by atomic mass is 16.5. The summed E-state index contributed by atoms with van der Waals surface area (Å²) in [6.07, 6.45) is 0.602. The Balaban J connectivity index is 1.77. The summed E-state index contributed by atoms with van der Waals surface area (Å²) in [4.78, 5) is 29.2. The number of para-hydroxylation sites is 2. The van der Waals surface area contributed by atoms with Crippen LogP contribution < -0.4 is 10.3 Å². The third-order valence-electron chi connectivity index (χ3n) is 6.68. The Bertz CT molecular complexity index is 1800. The SMILES string of the molecule is CCc1nc2c(c(=O)n1[C@H](C)c1ccccc1)c1nc3ccccc3nc1n2-c1cccc(OC)c1. The predicted octanol–water partition coefficient (Wildman–Crippen LogP) is 5.46. The molecule has 0 fully saturated rings. The molecule has 0 saturated heterocycles. The lowest BCUT2D eigenvalue weighted by Crippen LogP contribution is -2.28. The van der Waals surface area contributed by atoms with Crippen molar-refractivity contribution in [1.29, 1.82) is 0 Å². The van der Waals surface area contributed by atoms with Crippen LogP contribution in [0.2, 0.25) is 0 Å². The van der Waals surface area contributed by atoms with Gasteiger partial charge in [-0.2, -0.15) is 0 Å². The van der Waals surface area contributed by atoms with Crippen molar-refractivity contribution in [2.45, 2.75) is 26.3 Å². The maximum absolute atomic E-state index is 14.3. The van der Waals surface area contributed by atoms with E-state index in [-0.39, 0.29) is 11.6 Å². The zero-order valence-electron chi connectivity index (χ0n) is 20.3. The van der Waals surface area contributed by atoms with E-state index in [4.69, 9.17) is 19.7 Å². The molecule has 6 rings (SSSR count). The van der Waals surface area contributed by atoms with E-state index in [2.05, 4.69) is 0 Å². The molecule has 0 spiro atoms. The van der Waals surface area contributed by atoms with Gasteiger partial charge in [0, 0.05) is 12.5 Å². The normalized spacial score (nSPS) is 12.4. The van der Waals surface area contributed by atoms with E-state index < -0.39 is 0 Å². The second-order valence-electron chi connectivity index (χ2n) is 8.76. The molecule has 7 nitrogen and oxygen atoms in total. The lowest BCUT2D eigenvalue weighted by Gasteiger charge is -2.19. The molecule has 6 aromatic rings. The van der Waals surface area contributed by atoms with Gasteiger partial charge < -0.3 is 4.74 Å². The standard InChI is InChI=1S/C29H25N5O2/c1-4-24-32-27-25(29(35)33(24)18(2)19-11-6-5-7-12-19)26-28(31-23-16-9-8-15-22(23)30-26)34(27)20-13-10-14-21(17-20)36-3/h5-18H,4H2,1-3H3/t18-/m1/s1. The largest absolute Gasteiger partial charge is 0.497 e. The van der Waals surface area contributed by atoms with Gasteiger partial charge in [-0.3, -0.25) is 13.9 Å². The van der Waals surface area contributed by atoms with Crippen LogP contribution >= 0.6 is 0 Å². The summed E-state index contributed by atoms with van der Waals surface area (Å²) in [6, 6.07) is 25.2. The molecule has 0 aliphatic rings. The van der Waals surface area contributed by atoms with Gasteiger partial charge in [-0.05, 0) is 36.8 Å². The van der Waals surface area contributed by atoms with Crippen LogP contribution in [0.3, 0.4) is 0 Å². The van der Waals surface area contributed by atoms with Gasteiger partial charge in [0.2, 0.25) is 0 Å². The lowest BCUT2D eigenvalue weighted by atomic mass is 10.1. The summed E-state index contributed by atoms with van der Waals surface area (Å²) < 4.78 is 9.20. The summed E-state index contributed by atoms with van der Waals surface area (Å²) >= 11 is 0. The Kier molecular flexibility index (Phi) is 5.25. The average Bonchev–Trinajstić information content (AvgIpc) is 3.24. The second-order valence-corrected chi connectivity index (χ2v) is 8.76. The minimum absolute atomic E-state index is 0.121. The maximum Gasteiger partial charge on any atom is 0.265 e. The average molecular weight is 476 g/mol. The molecule has 0 aliphatic heterocycles. The number of hydrogen-bond donors (Lipinski definition) is 0. The summed E-state index contributed by atoms with van der Waals surface area (Å²) in [7, 11) is 1.63. The first-order valence-electron chi connectivity index (χ1n) is 12.0. The smallest absolute Gasteiger partial charge is 0.265 e. The topological polar surface area (TPSA) is 74.8 Å². The minimum Gasteiger partial charge on any atom is -0.497 e. The fourth-order valence-corrected chi connectivity index (χ4v) is 4.87. The van der Waals surface area contributed by atoms with Crippen LogP contribution in [-0.4, -0.2) is 31.2 Å². The summed E-state index contributed by atoms with van der Waals surface area (Å²) in [6.45, 7) is 4.05. The molecule has 0 bridgehead atoms. The number of methoxy groups -OCH3 is 1. The van der Waals surface area contributed by atoms with Crippen molar-refractivity contribution in [2.24, 2.45) is 0 Å². The van der Waals surface area contributed by atoms with Gasteiger partial charge in [-0.25, -0.2) is 15.0 Å². The number of nitrogens with zero attached hydrogens (tertiary/aromatic N) is 5. The van der Waals surface area contributed by atoms with E-state index in [0.29, 0.717) is 40.2 Å². The summed E-state index contributed by atoms with van der Waals surface area (Å²) in [5, 5.41) is 0.464. The van der Waals surface area contributed by atoms with Gasteiger partial charge >= 0.3 is 0 Å². The fraction of sp³-hybridized carbons (Fsp3) is 0.172. The zero-order chi connectivity index (χ0) is 24.8. The van der Waals surface area contributed by atoms with E-state index in [1.807, 2.05) is 97.3 Å². The number of hydrogen-bond acceptors (Lipinski definition) is 5. The zero-order valence-corrected chi connectivity index (χ0v) is 20.3. The molecule has 0 unspecified atom stereocenters. The third kappa shape index (κ3) is 3.35. The molecule has 0 amide bonds. The number of benzene rings is 3. The predicted molar refractivity (Wildman–Crippen MR) is 142 cm³/mol. The Labute approximate surface area is 207 Å². The van der Waals surface area contributed by atoms with Crippen LogP contribution in [0.25, 0.3) is 38.9 Å². The molecule has 0 N–H and O–H groups in total. The van der Waals surface area contributed by atoms with Crippen LogP contribution in [0.1, 0.15) is 31.3 Å². The first-order chi connectivity index (χ1) is 17.6. The Morgan fingerprint density at radius 3 is 2.31 bits per heavy atom. The highest BCUT2D eigenvalue weighted by Crippen LogP contribution is 2.31. The molecule has 3 aromatic heterocycles. The summed E-state index contributed by atoms with van der Waals surface area (Å²) in [5.74, 6) is 1.42. The Morgan fingerprint density at radius 2 is 1.58 bits per heavy atom. The van der Waals surface area contributed by atoms with Crippen LogP contribution in [0.4, 0.5) is 0 Å². The highest BCUT2D eigenvalue weighted by Gasteiger charge is 2.25. The van der Waals surface area contributed by atoms with Crippen molar-refractivity contribution in [3.05, 3.63) is 101 Å². The molecule has 0 saturated carbocycles. The molecule has 1 atom stereocenters. The van der Waals surface area contributed by atoms with E-state index in [0.717, 1.165) is 22.3 Å². The van der Waals surface area contributed by atoms with Crippen LogP contribution in [0, 0.1) is 0 Å². The number of ether oxygens (including phenoxy) is 1. The number of aryl methyl sites for hydroxylation is 1. The molecule has 0 aliphatic carbocycles. The van der Waals surface area contributed by atoms with Crippen molar-refractivity contribution in [3.8, 4) is 11.4 Å². The fourth-order valence-electron chi connectivity index (χ4n) is 4.87. The van der Waals surface area contributed by atoms with Crippen LogP contribution in [0.15, 0.2) is 83.7 Å². The van der Waals surface area contributed by atoms with Gasteiger partial charge in [-0.15, -0.1) is 0 Å². The van der Waals surface area contributed by atoms with Crippen molar-refractivity contribution < 1.29 is 4.74 Å². The van der Waals surface area contributed by atoms with Gasteiger partial charge in [-0.1, -0.05) is 55.5 Å². The molecule has 7 heteroatoms. The van der Waals surface area contributed by atoms with Gasteiger partial charge in [0.25, 0.3) is 5.56 Å². The second kappa shape index (κ2) is 8.61. The van der Waals surface area contributed by atoms with Crippen molar-refractivity contribution in [3.63, 3.8) is 0 Å². The first-order valence-corrected chi connectivity index (χ1v) is 12.0. The van der Waals surface area contributed by atoms with E-state index in [1.165, 1.54) is 0 Å². The molecule has 36 heavy (non-hydrogen) atoms. The molecular formula is C29H25N5O2. The molecule has 3 aromatic carbocycles. The molecular weight excluding hydrogens is 450 g/mol. The highest BCUT2D eigenvalue weighted by molar-refractivity contribution is 6.05. The van der Waals surface area contributed by atoms with Crippen molar-refractivity contribution in [2.75, 3.05) is 7.11 Å². The van der Waals surface area contributed by atoms with E-state index in [9.17, 15) is 4.79 Å². The maximum atomic E-state index is 14.3. The monoisotopic (exact) mass is 475 g/mol. The van der Waals surface area contributed by atoms with Crippen molar-refractivity contribution >= 4 is 33.2 Å². The van der Waals surface area contributed by atoms with Crippen molar-refractivity contribution in [1.82, 2.24) is 24.1 Å². The van der Waals surface area contributed by atoms with E-state index >= 15 is 0 Å². The lowest BCUT2D eigenvalue weighted by molar-refractivity contribution is 0.414. The minimum atomic E-state index is -0.186. The van der Waals surface area contributed by atoms with E-state index in [1.54, 1.807) is 11.7 Å². The first kappa shape index (κ1) is 22.0. The molecule has 178 valence electrons. The van der Waals surface area contributed by atoms with Crippen LogP contribution in [-0.2, 0) is 6.42 Å². The van der Waals surface area contributed by atoms with Gasteiger partial charge in [0.15, 0.2) is 11.3 Å². The van der Waals surface area contributed by atoms with Crippen LogP contribution in [0.5, 0.6) is 5.75 Å². The number of fused-ring (bicyclic) bond motifs is 4. The Hall–Kier alpha value is -4.52. The molecule has 3 heterocycles. The quantitative estimate of drug-likeness (QED) is 0.331. The summed E-state index contributed by atoms with van der Waals surface area (Å²) in [5.41, 5.74) is 4.90. The van der Waals surface area contributed by atoms with Gasteiger partial charge in [0.1, 0.15) is 22.5 Å². The number of rotatable bonds is 5. The Morgan fingerprint density at radius 1 is 0.861 bits per heavy atom. The third-order valence-corrected chi connectivity index (χ3v) is 6.68.